The molecular weight excluding hydrogens is 262 g/mol. The van der Waals surface area contributed by atoms with Crippen molar-refractivity contribution in [2.75, 3.05) is 19.5 Å². The second-order valence-electron chi connectivity index (χ2n) is 6.64. The number of benzene rings is 1. The van der Waals surface area contributed by atoms with E-state index in [-0.39, 0.29) is 5.41 Å². The van der Waals surface area contributed by atoms with Crippen LogP contribution in [0.5, 0.6) is 0 Å². The summed E-state index contributed by atoms with van der Waals surface area (Å²) in [5, 5.41) is 0. The summed E-state index contributed by atoms with van der Waals surface area (Å²) in [4.78, 5) is 4.82. The Labute approximate surface area is 127 Å². The molecule has 21 heavy (non-hydrogen) atoms. The highest BCUT2D eigenvalue weighted by atomic mass is 16.5. The Morgan fingerprint density at radius 1 is 1.19 bits per heavy atom. The van der Waals surface area contributed by atoms with E-state index in [1.54, 1.807) is 7.11 Å². The summed E-state index contributed by atoms with van der Waals surface area (Å²) in [7, 11) is 1.76. The fourth-order valence-corrected chi connectivity index (χ4v) is 2.64. The predicted molar refractivity (Wildman–Crippen MR) is 88.6 cm³/mol. The van der Waals surface area contributed by atoms with Gasteiger partial charge in [0.2, 0.25) is 0 Å². The van der Waals surface area contributed by atoms with Gasteiger partial charge in [-0.3, -0.25) is 0 Å². The van der Waals surface area contributed by atoms with Gasteiger partial charge in [-0.2, -0.15) is 0 Å². The lowest BCUT2D eigenvalue weighted by Crippen LogP contribution is -2.19. The Bertz CT molecular complexity index is 596. The fraction of sp³-hybridized carbons (Fsp3) is 0.588. The molecule has 0 atom stereocenters. The van der Waals surface area contributed by atoms with Crippen LogP contribution in [0.3, 0.4) is 0 Å². The number of unbranched alkanes of at least 4 members (excludes halogenated alkanes) is 2. The van der Waals surface area contributed by atoms with Crippen LogP contribution in [-0.4, -0.2) is 23.3 Å². The van der Waals surface area contributed by atoms with E-state index >= 15 is 0 Å². The van der Waals surface area contributed by atoms with Crippen molar-refractivity contribution in [1.29, 1.82) is 0 Å². The van der Waals surface area contributed by atoms with Crippen molar-refractivity contribution in [2.45, 2.75) is 52.0 Å². The number of nitrogen functional groups attached to an aromatic ring is 1. The minimum absolute atomic E-state index is 0.0281. The molecule has 0 fully saturated rings. The summed E-state index contributed by atoms with van der Waals surface area (Å²) in [6, 6.07) is 6.01. The molecule has 0 amide bonds. The van der Waals surface area contributed by atoms with Gasteiger partial charge in [-0.25, -0.2) is 4.98 Å². The third-order valence-electron chi connectivity index (χ3n) is 3.67. The number of aromatic nitrogens is 2. The molecule has 4 nitrogen and oxygen atoms in total. The van der Waals surface area contributed by atoms with E-state index in [1.165, 1.54) is 11.9 Å². The van der Waals surface area contributed by atoms with E-state index in [0.29, 0.717) is 0 Å². The van der Waals surface area contributed by atoms with Gasteiger partial charge in [0.1, 0.15) is 5.82 Å². The number of anilines is 1. The van der Waals surface area contributed by atoms with Crippen molar-refractivity contribution in [3.8, 4) is 0 Å². The Morgan fingerprint density at radius 3 is 2.62 bits per heavy atom. The molecule has 0 bridgehead atoms. The van der Waals surface area contributed by atoms with Crippen LogP contribution in [0.2, 0.25) is 0 Å². The lowest BCUT2D eigenvalue weighted by atomic mass is 9.95. The number of hydrogen-bond acceptors (Lipinski definition) is 3. The monoisotopic (exact) mass is 289 g/mol. The fourth-order valence-electron chi connectivity index (χ4n) is 2.64. The second-order valence-corrected chi connectivity index (χ2v) is 6.64. The third kappa shape index (κ3) is 3.76. The molecule has 0 aliphatic rings. The zero-order valence-corrected chi connectivity index (χ0v) is 13.6. The quantitative estimate of drug-likeness (QED) is 0.651. The topological polar surface area (TPSA) is 53.1 Å². The molecule has 0 saturated heterocycles. The van der Waals surface area contributed by atoms with Gasteiger partial charge in [-0.15, -0.1) is 0 Å². The largest absolute Gasteiger partial charge is 0.399 e. The first-order valence-corrected chi connectivity index (χ1v) is 7.68. The van der Waals surface area contributed by atoms with Gasteiger partial charge in [0.15, 0.2) is 0 Å². The number of ether oxygens (including phenoxy) is 1. The number of hydrogen-bond donors (Lipinski definition) is 1. The summed E-state index contributed by atoms with van der Waals surface area (Å²) >= 11 is 0. The molecule has 0 aliphatic carbocycles. The summed E-state index contributed by atoms with van der Waals surface area (Å²) in [5.74, 6) is 1.13. The number of rotatable bonds is 6. The van der Waals surface area contributed by atoms with E-state index in [9.17, 15) is 0 Å². The van der Waals surface area contributed by atoms with Crippen LogP contribution in [0, 0.1) is 0 Å². The van der Waals surface area contributed by atoms with Gasteiger partial charge in [0.05, 0.1) is 11.0 Å². The number of nitrogens with zero attached hydrogens (tertiary/aromatic N) is 2. The van der Waals surface area contributed by atoms with Crippen LogP contribution in [0.4, 0.5) is 5.69 Å². The van der Waals surface area contributed by atoms with Crippen LogP contribution in [0.15, 0.2) is 18.2 Å². The highest BCUT2D eigenvalue weighted by Crippen LogP contribution is 2.27. The summed E-state index contributed by atoms with van der Waals surface area (Å²) in [5.41, 5.74) is 8.86. The van der Waals surface area contributed by atoms with E-state index in [4.69, 9.17) is 15.5 Å². The maximum Gasteiger partial charge on any atom is 0.115 e. The molecule has 0 unspecified atom stereocenters. The van der Waals surface area contributed by atoms with Gasteiger partial charge >= 0.3 is 0 Å². The van der Waals surface area contributed by atoms with E-state index in [2.05, 4.69) is 31.4 Å². The first-order chi connectivity index (χ1) is 9.93. The maximum absolute atomic E-state index is 5.88. The smallest absolute Gasteiger partial charge is 0.115 e. The lowest BCUT2D eigenvalue weighted by Gasteiger charge is -2.20. The number of methoxy groups -OCH3 is 1. The summed E-state index contributed by atoms with van der Waals surface area (Å²) in [6.07, 6.45) is 3.43. The van der Waals surface area contributed by atoms with E-state index in [0.717, 1.165) is 43.0 Å². The van der Waals surface area contributed by atoms with Crippen molar-refractivity contribution in [2.24, 2.45) is 0 Å². The van der Waals surface area contributed by atoms with Crippen molar-refractivity contribution in [1.82, 2.24) is 9.55 Å². The zero-order chi connectivity index (χ0) is 15.5. The molecule has 2 N–H and O–H groups in total. The van der Waals surface area contributed by atoms with Crippen molar-refractivity contribution >= 4 is 16.7 Å². The molecule has 0 spiro atoms. The molecule has 1 aromatic carbocycles. The molecule has 1 aromatic heterocycles. The minimum Gasteiger partial charge on any atom is -0.399 e. The molecule has 0 saturated carbocycles. The van der Waals surface area contributed by atoms with Gasteiger partial charge < -0.3 is 15.0 Å². The Morgan fingerprint density at radius 2 is 1.95 bits per heavy atom. The van der Waals surface area contributed by atoms with Gasteiger partial charge in [0.25, 0.3) is 0 Å². The van der Waals surface area contributed by atoms with Crippen LogP contribution >= 0.6 is 0 Å². The van der Waals surface area contributed by atoms with Crippen LogP contribution in [0.25, 0.3) is 11.0 Å². The van der Waals surface area contributed by atoms with E-state index < -0.39 is 0 Å². The highest BCUT2D eigenvalue weighted by molar-refractivity contribution is 5.79. The first kappa shape index (κ1) is 15.8. The molecule has 1 heterocycles. The molecule has 0 radical (unpaired) electrons. The van der Waals surface area contributed by atoms with Crippen LogP contribution in [0.1, 0.15) is 45.9 Å². The van der Waals surface area contributed by atoms with Gasteiger partial charge in [0, 0.05) is 31.4 Å². The highest BCUT2D eigenvalue weighted by Gasteiger charge is 2.22. The maximum atomic E-state index is 5.88. The molecule has 2 rings (SSSR count). The van der Waals surface area contributed by atoms with Crippen molar-refractivity contribution in [3.63, 3.8) is 0 Å². The second kappa shape index (κ2) is 6.48. The van der Waals surface area contributed by atoms with Crippen molar-refractivity contribution < 1.29 is 4.74 Å². The Kier molecular flexibility index (Phi) is 4.88. The number of aryl methyl sites for hydroxylation is 1. The minimum atomic E-state index is 0.0281. The average molecular weight is 289 g/mol. The molecule has 116 valence electrons. The summed E-state index contributed by atoms with van der Waals surface area (Å²) < 4.78 is 7.46. The standard InChI is InChI=1S/C17H27N3O/c1-17(2,3)16-19-14-12-13(18)8-9-15(14)20(16)10-6-5-7-11-21-4/h8-9,12H,5-7,10-11,18H2,1-4H3. The number of imidazole rings is 1. The number of fused-ring (bicyclic) bond motifs is 1. The first-order valence-electron chi connectivity index (χ1n) is 7.68. The molecule has 4 heteroatoms. The molecule has 2 aromatic rings. The zero-order valence-electron chi connectivity index (χ0n) is 13.6. The molecule has 0 aliphatic heterocycles. The van der Waals surface area contributed by atoms with E-state index in [1.807, 2.05) is 12.1 Å². The third-order valence-corrected chi connectivity index (χ3v) is 3.67. The lowest BCUT2D eigenvalue weighted by molar-refractivity contribution is 0.191. The van der Waals surface area contributed by atoms with Crippen molar-refractivity contribution in [3.05, 3.63) is 24.0 Å². The summed E-state index contributed by atoms with van der Waals surface area (Å²) in [6.45, 7) is 8.46. The van der Waals surface area contributed by atoms with Crippen LogP contribution in [-0.2, 0) is 16.7 Å². The van der Waals surface area contributed by atoms with Gasteiger partial charge in [-0.1, -0.05) is 20.8 Å². The number of nitrogens with two attached hydrogens (primary N) is 1. The normalized spacial score (nSPS) is 12.2. The SMILES string of the molecule is COCCCCCn1c(C(C)(C)C)nc2cc(N)ccc21. The average Bonchev–Trinajstić information content (AvgIpc) is 2.76. The predicted octanol–water partition coefficient (Wildman–Crippen LogP) is 3.73. The van der Waals surface area contributed by atoms with Crippen LogP contribution < -0.4 is 5.73 Å². The Balaban J connectivity index is 2.26. The Hall–Kier alpha value is -1.55. The molecular formula is C17H27N3O. The van der Waals surface area contributed by atoms with Gasteiger partial charge in [-0.05, 0) is 37.5 Å².